The molecule has 4 aromatic rings. The van der Waals surface area contributed by atoms with Crippen LogP contribution in [0.2, 0.25) is 5.02 Å². The fourth-order valence-corrected chi connectivity index (χ4v) is 8.24. The lowest BCUT2D eigenvalue weighted by molar-refractivity contribution is -0.141. The molecule has 2 atom stereocenters. The standard InChI is InChI=1S/C39H41ClF3N5O5/c1-38(51)20-48(21-38)17-22-10-12-32(45-35(22)52-2)29-9-5-8-28(33(29)40)25-6-4-7-27-26(25)11-13-31(27)44-34-30(39(41,42)43)16-24(36(46-34)53-3)19-47-15-14-23(18-47)37(49)50/h4-10,12,16,23,31,51H,11,13-15,17-21H2,1-3H3,(H,44,46)(H,49,50)/t23-,31+/m1/s1. The zero-order valence-electron chi connectivity index (χ0n) is 29.6. The van der Waals surface area contributed by atoms with Gasteiger partial charge in [-0.1, -0.05) is 54.1 Å². The van der Waals surface area contributed by atoms with Crippen LogP contribution in [0.4, 0.5) is 19.0 Å². The van der Waals surface area contributed by atoms with E-state index in [1.54, 1.807) is 7.11 Å². The average molecular weight is 752 g/mol. The van der Waals surface area contributed by atoms with Crippen molar-refractivity contribution in [3.8, 4) is 34.1 Å². The molecule has 0 amide bonds. The molecule has 10 nitrogen and oxygen atoms in total. The summed E-state index contributed by atoms with van der Waals surface area (Å²) >= 11 is 7.12. The Morgan fingerprint density at radius 3 is 2.32 bits per heavy atom. The summed E-state index contributed by atoms with van der Waals surface area (Å²) in [6.45, 7) is 4.34. The number of pyridine rings is 2. The number of aromatic nitrogens is 2. The Morgan fingerprint density at radius 2 is 1.64 bits per heavy atom. The number of benzene rings is 2. The number of nitrogens with one attached hydrogen (secondary N) is 1. The topological polar surface area (TPSA) is 120 Å². The monoisotopic (exact) mass is 751 g/mol. The first-order chi connectivity index (χ1) is 25.2. The number of ether oxygens (including phenoxy) is 2. The number of carbonyl (C=O) groups is 1. The van der Waals surface area contributed by atoms with Crippen LogP contribution in [0.3, 0.4) is 0 Å². The number of likely N-dealkylation sites (tertiary alicyclic amines) is 2. The highest BCUT2D eigenvalue weighted by Gasteiger charge is 2.39. The first kappa shape index (κ1) is 36.9. The number of methoxy groups -OCH3 is 2. The minimum Gasteiger partial charge on any atom is -0.481 e. The Hall–Kier alpha value is -4.43. The van der Waals surface area contributed by atoms with Crippen LogP contribution < -0.4 is 14.8 Å². The van der Waals surface area contributed by atoms with E-state index in [-0.39, 0.29) is 30.4 Å². The third kappa shape index (κ3) is 7.53. The average Bonchev–Trinajstić information content (AvgIpc) is 3.75. The van der Waals surface area contributed by atoms with E-state index in [1.807, 2.05) is 60.4 Å². The summed E-state index contributed by atoms with van der Waals surface area (Å²) < 4.78 is 54.7. The second-order valence-electron chi connectivity index (χ2n) is 14.4. The van der Waals surface area contributed by atoms with Gasteiger partial charge in [-0.05, 0) is 61.6 Å². The predicted molar refractivity (Wildman–Crippen MR) is 194 cm³/mol. The molecule has 0 bridgehead atoms. The van der Waals surface area contributed by atoms with Crippen molar-refractivity contribution in [1.29, 1.82) is 0 Å². The summed E-state index contributed by atoms with van der Waals surface area (Å²) in [6.07, 6.45) is -3.14. The Kier molecular flexibility index (Phi) is 10.0. The van der Waals surface area contributed by atoms with E-state index < -0.39 is 35.3 Å². The highest BCUT2D eigenvalue weighted by Crippen LogP contribution is 2.45. The van der Waals surface area contributed by atoms with Gasteiger partial charge in [-0.2, -0.15) is 18.2 Å². The zero-order valence-corrected chi connectivity index (χ0v) is 30.4. The van der Waals surface area contributed by atoms with Crippen LogP contribution in [0.1, 0.15) is 53.6 Å². The second-order valence-corrected chi connectivity index (χ2v) is 14.8. The number of aliphatic hydroxyl groups is 1. The largest absolute Gasteiger partial charge is 0.481 e. The molecule has 2 aromatic carbocycles. The van der Waals surface area contributed by atoms with E-state index in [9.17, 15) is 28.2 Å². The number of carboxylic acids is 1. The van der Waals surface area contributed by atoms with Crippen LogP contribution in [0, 0.1) is 5.92 Å². The molecule has 2 aromatic heterocycles. The number of carboxylic acid groups (broad SMARTS) is 1. The number of fused-ring (bicyclic) bond motifs is 1. The zero-order chi connectivity index (χ0) is 37.7. The van der Waals surface area contributed by atoms with Crippen molar-refractivity contribution in [2.75, 3.05) is 45.7 Å². The minimum absolute atomic E-state index is 0.0572. The van der Waals surface area contributed by atoms with E-state index in [1.165, 1.54) is 7.11 Å². The molecular formula is C39H41ClF3N5O5. The maximum Gasteiger partial charge on any atom is 0.419 e. The van der Waals surface area contributed by atoms with E-state index >= 15 is 0 Å². The lowest BCUT2D eigenvalue weighted by Gasteiger charge is -2.44. The first-order valence-corrected chi connectivity index (χ1v) is 17.9. The molecule has 3 aliphatic rings. The normalized spacial score (nSPS) is 19.8. The third-order valence-corrected chi connectivity index (χ3v) is 10.8. The van der Waals surface area contributed by atoms with E-state index in [2.05, 4.69) is 15.2 Å². The van der Waals surface area contributed by atoms with Gasteiger partial charge in [0.25, 0.3) is 0 Å². The van der Waals surface area contributed by atoms with Gasteiger partial charge < -0.3 is 25.0 Å². The number of nitrogens with zero attached hydrogens (tertiary/aromatic N) is 4. The molecule has 0 saturated carbocycles. The van der Waals surface area contributed by atoms with Crippen LogP contribution >= 0.6 is 11.6 Å². The first-order valence-electron chi connectivity index (χ1n) is 17.5. The SMILES string of the molecule is COc1nc(-c2cccc(-c3cccc4c3CC[C@@H]4Nc3nc(OC)c(CN4CC[C@@H](C(=O)O)C4)cc3C(F)(F)F)c2Cl)ccc1CN1CC(C)(O)C1. The number of alkyl halides is 3. The van der Waals surface area contributed by atoms with Gasteiger partial charge in [0.2, 0.25) is 11.8 Å². The molecule has 2 saturated heterocycles. The lowest BCUT2D eigenvalue weighted by Crippen LogP contribution is -2.59. The maximum atomic E-state index is 14.5. The fraction of sp³-hybridized carbons (Fsp3) is 0.410. The summed E-state index contributed by atoms with van der Waals surface area (Å²) in [5.41, 5.74) is 4.39. The highest BCUT2D eigenvalue weighted by molar-refractivity contribution is 6.36. The molecule has 7 rings (SSSR count). The quantitative estimate of drug-likeness (QED) is 0.147. The summed E-state index contributed by atoms with van der Waals surface area (Å²) in [5.74, 6) is -1.27. The van der Waals surface area contributed by atoms with Crippen molar-refractivity contribution in [2.45, 2.75) is 57.1 Å². The number of rotatable bonds is 11. The molecule has 2 aliphatic heterocycles. The molecule has 53 heavy (non-hydrogen) atoms. The van der Waals surface area contributed by atoms with E-state index in [0.717, 1.165) is 33.9 Å². The maximum absolute atomic E-state index is 14.5. The minimum atomic E-state index is -4.70. The van der Waals surface area contributed by atoms with E-state index in [0.29, 0.717) is 67.6 Å². The van der Waals surface area contributed by atoms with Crippen LogP contribution in [-0.2, 0) is 30.5 Å². The summed E-state index contributed by atoms with van der Waals surface area (Å²) in [4.78, 5) is 24.5. The summed E-state index contributed by atoms with van der Waals surface area (Å²) in [5, 5.41) is 23.1. The number of anilines is 1. The van der Waals surface area contributed by atoms with Gasteiger partial charge in [0.15, 0.2) is 0 Å². The van der Waals surface area contributed by atoms with Gasteiger partial charge >= 0.3 is 12.1 Å². The molecule has 1 aliphatic carbocycles. The summed E-state index contributed by atoms with van der Waals surface area (Å²) in [6, 6.07) is 15.9. The van der Waals surface area contributed by atoms with Gasteiger partial charge in [0, 0.05) is 55.0 Å². The Morgan fingerprint density at radius 1 is 0.962 bits per heavy atom. The van der Waals surface area contributed by atoms with Crippen molar-refractivity contribution in [3.63, 3.8) is 0 Å². The molecular weight excluding hydrogens is 711 g/mol. The van der Waals surface area contributed by atoms with Gasteiger partial charge in [0.1, 0.15) is 5.82 Å². The number of hydrogen-bond donors (Lipinski definition) is 3. The van der Waals surface area contributed by atoms with Crippen molar-refractivity contribution in [2.24, 2.45) is 5.92 Å². The van der Waals surface area contributed by atoms with Crippen molar-refractivity contribution in [3.05, 3.63) is 87.4 Å². The number of aliphatic carboxylic acids is 1. The molecule has 0 radical (unpaired) electrons. The predicted octanol–water partition coefficient (Wildman–Crippen LogP) is 7.07. The molecule has 14 heteroatoms. The van der Waals surface area contributed by atoms with Crippen LogP contribution in [0.15, 0.2) is 54.6 Å². The van der Waals surface area contributed by atoms with Crippen molar-refractivity contribution in [1.82, 2.24) is 19.8 Å². The van der Waals surface area contributed by atoms with Crippen molar-refractivity contribution < 1.29 is 37.7 Å². The Bertz CT molecular complexity index is 2040. The third-order valence-electron chi connectivity index (χ3n) is 10.4. The van der Waals surface area contributed by atoms with Crippen LogP contribution in [-0.4, -0.2) is 81.9 Å². The van der Waals surface area contributed by atoms with Gasteiger partial charge in [-0.3, -0.25) is 14.6 Å². The number of halogens is 4. The smallest absolute Gasteiger partial charge is 0.419 e. The van der Waals surface area contributed by atoms with Crippen LogP contribution in [0.25, 0.3) is 22.4 Å². The second kappa shape index (κ2) is 14.4. The molecule has 2 fully saturated rings. The van der Waals surface area contributed by atoms with Crippen LogP contribution in [0.5, 0.6) is 11.8 Å². The van der Waals surface area contributed by atoms with Gasteiger partial charge in [0.05, 0.1) is 48.1 Å². The number of β-amino-alcohol motifs (C(OH)–C–C–N with tert-alkyl or cyclic N) is 1. The molecule has 0 unspecified atom stereocenters. The molecule has 4 heterocycles. The Labute approximate surface area is 310 Å². The Balaban J connectivity index is 1.15. The summed E-state index contributed by atoms with van der Waals surface area (Å²) in [7, 11) is 2.93. The van der Waals surface area contributed by atoms with E-state index in [4.69, 9.17) is 26.1 Å². The van der Waals surface area contributed by atoms with Crippen molar-refractivity contribution >= 4 is 23.4 Å². The van der Waals surface area contributed by atoms with Gasteiger partial charge in [-0.25, -0.2) is 4.98 Å². The molecule has 3 N–H and O–H groups in total. The lowest BCUT2D eigenvalue weighted by atomic mass is 9.94. The number of hydrogen-bond acceptors (Lipinski definition) is 9. The molecule has 0 spiro atoms. The fourth-order valence-electron chi connectivity index (χ4n) is 7.92. The molecule has 280 valence electrons. The highest BCUT2D eigenvalue weighted by atomic mass is 35.5. The van der Waals surface area contributed by atoms with Gasteiger partial charge in [-0.15, -0.1) is 0 Å².